The number of aromatic nitrogens is 1. The number of nitrogens with zero attached hydrogens (tertiary/aromatic N) is 3. The molecule has 2 aromatic carbocycles. The number of carbonyl (C=O) groups is 2. The number of methoxy groups -OCH3 is 2. The molecule has 0 unspecified atom stereocenters. The quantitative estimate of drug-likeness (QED) is 0.333. The number of aliphatic hydroxyl groups is 1. The van der Waals surface area contributed by atoms with Gasteiger partial charge in [0.25, 0.3) is 11.5 Å². The highest BCUT2D eigenvalue weighted by molar-refractivity contribution is 6.71. The number of amides is 2. The molecule has 250 valence electrons. The summed E-state index contributed by atoms with van der Waals surface area (Å²) in [5.74, 6) is -0.0225. The van der Waals surface area contributed by atoms with Crippen molar-refractivity contribution in [2.45, 2.75) is 69.1 Å². The number of hydrogen-bond donors (Lipinski definition) is 2. The van der Waals surface area contributed by atoms with Gasteiger partial charge in [0, 0.05) is 35.5 Å². The van der Waals surface area contributed by atoms with Crippen molar-refractivity contribution in [2.75, 3.05) is 32.3 Å². The number of pyridine rings is 1. The van der Waals surface area contributed by atoms with Gasteiger partial charge in [-0.2, -0.15) is 0 Å². The van der Waals surface area contributed by atoms with Crippen molar-refractivity contribution in [3.8, 4) is 17.2 Å². The number of benzene rings is 2. The highest BCUT2D eigenvalue weighted by atomic mass is 28.4. The van der Waals surface area contributed by atoms with Crippen LogP contribution in [-0.4, -0.2) is 79.0 Å². The van der Waals surface area contributed by atoms with E-state index in [-0.39, 0.29) is 48.7 Å². The summed E-state index contributed by atoms with van der Waals surface area (Å²) in [5, 5.41) is 9.85. The lowest BCUT2D eigenvalue weighted by molar-refractivity contribution is -0.150. The normalized spacial score (nSPS) is 25.5. The van der Waals surface area contributed by atoms with Crippen molar-refractivity contribution in [3.05, 3.63) is 82.3 Å². The molecule has 0 aliphatic carbocycles. The number of aliphatic hydroxyl groups excluding tert-OH is 1. The first kappa shape index (κ1) is 32.9. The molecule has 0 saturated carbocycles. The Morgan fingerprint density at radius 3 is 2.49 bits per heavy atom. The summed E-state index contributed by atoms with van der Waals surface area (Å²) in [6.45, 7) is 6.32. The molecule has 2 amide bonds. The van der Waals surface area contributed by atoms with Gasteiger partial charge in [0.1, 0.15) is 5.75 Å². The lowest BCUT2D eigenvalue weighted by Gasteiger charge is -2.33. The molecule has 1 spiro atoms. The largest absolute Gasteiger partial charge is 0.497 e. The van der Waals surface area contributed by atoms with E-state index in [2.05, 4.69) is 0 Å². The molecule has 0 bridgehead atoms. The maximum Gasteiger partial charge on any atom is 0.297 e. The minimum Gasteiger partial charge on any atom is -0.497 e. The second-order valence-corrected chi connectivity index (χ2v) is 17.3. The van der Waals surface area contributed by atoms with Gasteiger partial charge >= 0.3 is 0 Å². The Kier molecular flexibility index (Phi) is 8.81. The maximum atomic E-state index is 14.8. The monoisotopic (exact) mass is 661 g/mol. The SMILES string of the molecule is COc1ccc2c(c1)[C@]1(O[C@@H](CC(=O)N3CCC[C@H]3CO)[C@H]([Si](C)(C)O)[C@H]1C)C(=O)N2Cc1ccc(-n2cccc(OC)c2=O)cc1. The number of anilines is 1. The van der Waals surface area contributed by atoms with Gasteiger partial charge in [-0.25, -0.2) is 0 Å². The summed E-state index contributed by atoms with van der Waals surface area (Å²) in [6.07, 6.45) is 2.57. The molecule has 6 rings (SSSR count). The molecule has 2 N–H and O–H groups in total. The van der Waals surface area contributed by atoms with Gasteiger partial charge in [-0.15, -0.1) is 0 Å². The first-order chi connectivity index (χ1) is 22.4. The number of hydrogen-bond acceptors (Lipinski definition) is 8. The Hall–Kier alpha value is -3.97. The predicted octanol–water partition coefficient (Wildman–Crippen LogP) is 3.57. The smallest absolute Gasteiger partial charge is 0.297 e. The summed E-state index contributed by atoms with van der Waals surface area (Å²) in [5.41, 5.74) is 0.717. The van der Waals surface area contributed by atoms with Gasteiger partial charge in [-0.1, -0.05) is 19.1 Å². The fourth-order valence-electron chi connectivity index (χ4n) is 7.96. The van der Waals surface area contributed by atoms with Crippen LogP contribution < -0.4 is 19.9 Å². The third-order valence-corrected chi connectivity index (χ3v) is 12.7. The minimum absolute atomic E-state index is 0.0158. The van der Waals surface area contributed by atoms with E-state index >= 15 is 0 Å². The van der Waals surface area contributed by atoms with Crippen LogP contribution in [0.3, 0.4) is 0 Å². The molecule has 2 saturated heterocycles. The van der Waals surface area contributed by atoms with Crippen molar-refractivity contribution in [2.24, 2.45) is 5.92 Å². The summed E-state index contributed by atoms with van der Waals surface area (Å²) >= 11 is 0. The van der Waals surface area contributed by atoms with Crippen molar-refractivity contribution >= 4 is 25.8 Å². The van der Waals surface area contributed by atoms with Crippen LogP contribution in [0.25, 0.3) is 5.69 Å². The number of likely N-dealkylation sites (tertiary alicyclic amines) is 1. The Labute approximate surface area is 275 Å². The summed E-state index contributed by atoms with van der Waals surface area (Å²) < 4.78 is 19.1. The van der Waals surface area contributed by atoms with Crippen LogP contribution >= 0.6 is 0 Å². The molecular weight excluding hydrogens is 618 g/mol. The number of ether oxygens (including phenoxy) is 3. The van der Waals surface area contributed by atoms with Crippen LogP contribution in [0.2, 0.25) is 18.6 Å². The molecule has 5 atom stereocenters. The third-order valence-electron chi connectivity index (χ3n) is 10.2. The van der Waals surface area contributed by atoms with Gasteiger partial charge in [0.05, 0.1) is 51.6 Å². The van der Waals surface area contributed by atoms with Gasteiger partial charge in [-0.3, -0.25) is 19.0 Å². The van der Waals surface area contributed by atoms with E-state index < -0.39 is 31.5 Å². The van der Waals surface area contributed by atoms with Crippen LogP contribution in [0.1, 0.15) is 37.3 Å². The van der Waals surface area contributed by atoms with Crippen LogP contribution in [0, 0.1) is 5.92 Å². The van der Waals surface area contributed by atoms with Gasteiger partial charge < -0.3 is 33.9 Å². The van der Waals surface area contributed by atoms with E-state index in [4.69, 9.17) is 14.2 Å². The molecule has 2 fully saturated rings. The van der Waals surface area contributed by atoms with E-state index in [1.54, 1.807) is 35.2 Å². The summed E-state index contributed by atoms with van der Waals surface area (Å²) in [6, 6.07) is 16.0. The molecule has 4 heterocycles. The standard InChI is InChI=1S/C35H43N3O8Si/c1-22-32(47(4,5)43)30(19-31(40)36-16-6-8-25(36)21-39)46-35(22)27-18-26(44-2)14-15-28(27)38(34(35)42)20-23-10-12-24(13-11-23)37-17-7-9-29(45-3)33(37)41/h7,9-15,17-18,22,25,30,32,39,43H,6,8,16,19-21H2,1-5H3/t22-,25+,30+,32-,35+/m1/s1. The van der Waals surface area contributed by atoms with Crippen molar-refractivity contribution in [1.29, 1.82) is 0 Å². The number of rotatable bonds is 9. The molecule has 3 aromatic rings. The Balaban J connectivity index is 1.35. The van der Waals surface area contributed by atoms with E-state index in [1.807, 2.05) is 62.5 Å². The van der Waals surface area contributed by atoms with Gasteiger partial charge in [-0.05, 0) is 74.0 Å². The number of carbonyl (C=O) groups excluding carboxylic acids is 2. The third kappa shape index (κ3) is 5.56. The molecular formula is C35H43N3O8Si. The zero-order valence-electron chi connectivity index (χ0n) is 27.5. The average Bonchev–Trinajstić information content (AvgIpc) is 3.71. The summed E-state index contributed by atoms with van der Waals surface area (Å²) in [7, 11) is 0.0465. The Morgan fingerprint density at radius 2 is 1.83 bits per heavy atom. The first-order valence-corrected chi connectivity index (χ1v) is 19.1. The maximum absolute atomic E-state index is 14.8. The highest BCUT2D eigenvalue weighted by Gasteiger charge is 2.66. The molecule has 0 radical (unpaired) electrons. The van der Waals surface area contributed by atoms with Crippen LogP contribution in [-0.2, 0) is 26.5 Å². The Bertz CT molecular complexity index is 1720. The molecule has 3 aliphatic heterocycles. The van der Waals surface area contributed by atoms with E-state index in [9.17, 15) is 24.3 Å². The molecule has 47 heavy (non-hydrogen) atoms. The summed E-state index contributed by atoms with van der Waals surface area (Å²) in [4.78, 5) is 56.2. The first-order valence-electron chi connectivity index (χ1n) is 16.1. The Morgan fingerprint density at radius 1 is 1.09 bits per heavy atom. The van der Waals surface area contributed by atoms with Crippen LogP contribution in [0.4, 0.5) is 5.69 Å². The zero-order valence-corrected chi connectivity index (χ0v) is 28.5. The zero-order chi connectivity index (χ0) is 33.7. The van der Waals surface area contributed by atoms with Crippen molar-refractivity contribution < 1.29 is 33.7 Å². The van der Waals surface area contributed by atoms with Crippen LogP contribution in [0.15, 0.2) is 65.6 Å². The van der Waals surface area contributed by atoms with Crippen molar-refractivity contribution in [3.63, 3.8) is 0 Å². The van der Waals surface area contributed by atoms with Gasteiger partial charge in [0.15, 0.2) is 19.7 Å². The van der Waals surface area contributed by atoms with E-state index in [1.165, 1.54) is 11.7 Å². The molecule has 12 heteroatoms. The molecule has 11 nitrogen and oxygen atoms in total. The van der Waals surface area contributed by atoms with Gasteiger partial charge in [0.2, 0.25) is 5.91 Å². The van der Waals surface area contributed by atoms with Crippen LogP contribution in [0.5, 0.6) is 11.5 Å². The van der Waals surface area contributed by atoms with E-state index in [0.717, 1.165) is 18.4 Å². The predicted molar refractivity (Wildman–Crippen MR) is 178 cm³/mol. The second-order valence-electron chi connectivity index (χ2n) is 13.3. The van der Waals surface area contributed by atoms with Crippen molar-refractivity contribution in [1.82, 2.24) is 9.47 Å². The fraction of sp³-hybridized carbons (Fsp3) is 0.457. The highest BCUT2D eigenvalue weighted by Crippen LogP contribution is 2.60. The number of fused-ring (bicyclic) bond motifs is 2. The lowest BCUT2D eigenvalue weighted by Crippen LogP contribution is -2.46. The fourth-order valence-corrected chi connectivity index (χ4v) is 10.5. The minimum atomic E-state index is -2.98. The average molecular weight is 662 g/mol. The second kappa shape index (κ2) is 12.6. The topological polar surface area (TPSA) is 131 Å². The lowest BCUT2D eigenvalue weighted by atomic mass is 9.82. The molecule has 3 aliphatic rings. The molecule has 1 aromatic heterocycles. The van der Waals surface area contributed by atoms with E-state index in [0.29, 0.717) is 29.2 Å².